The number of aryl methyl sites for hydroxylation is 3. The van der Waals surface area contributed by atoms with Gasteiger partial charge in [0.1, 0.15) is 4.83 Å². The van der Waals surface area contributed by atoms with E-state index in [0.717, 1.165) is 35.9 Å². The predicted octanol–water partition coefficient (Wildman–Crippen LogP) is 4.39. The van der Waals surface area contributed by atoms with E-state index in [1.165, 1.54) is 22.2 Å². The van der Waals surface area contributed by atoms with Crippen molar-refractivity contribution in [2.45, 2.75) is 44.3 Å². The molecule has 0 saturated carbocycles. The van der Waals surface area contributed by atoms with Crippen molar-refractivity contribution in [2.24, 2.45) is 0 Å². The number of hydrogen-bond donors (Lipinski definition) is 1. The Kier molecular flexibility index (Phi) is 5.49. The molecule has 5 rings (SSSR count). The maximum atomic E-state index is 13.2. The summed E-state index contributed by atoms with van der Waals surface area (Å²) >= 11 is 8.87. The normalized spacial score (nSPS) is 13.6. The van der Waals surface area contributed by atoms with Crippen LogP contribution < -0.4 is 10.9 Å². The summed E-state index contributed by atoms with van der Waals surface area (Å²) < 4.78 is 3.62. The van der Waals surface area contributed by atoms with Crippen LogP contribution in [0.2, 0.25) is 5.02 Å². The molecule has 160 valence electrons. The van der Waals surface area contributed by atoms with Gasteiger partial charge in [-0.25, -0.2) is 4.40 Å². The third-order valence-electron chi connectivity index (χ3n) is 5.45. The Bertz CT molecular complexity index is 1360. The molecule has 0 fully saturated rings. The van der Waals surface area contributed by atoms with Crippen LogP contribution in [0.5, 0.6) is 0 Å². The lowest BCUT2D eigenvalue weighted by Gasteiger charge is -2.11. The van der Waals surface area contributed by atoms with Crippen LogP contribution in [0.15, 0.2) is 34.2 Å². The molecule has 1 aliphatic rings. The summed E-state index contributed by atoms with van der Waals surface area (Å²) in [6.07, 6.45) is 4.21. The molecule has 0 radical (unpaired) electrons. The SMILES string of the molecule is CCn1c(=O)c2c3c(sc2n2c(SCC(=O)Nc4ccc(Cl)cc4)nnc12)CCCC3. The van der Waals surface area contributed by atoms with Crippen LogP contribution in [0.1, 0.15) is 30.2 Å². The van der Waals surface area contributed by atoms with Crippen LogP contribution in [-0.2, 0) is 24.2 Å². The average molecular weight is 474 g/mol. The summed E-state index contributed by atoms with van der Waals surface area (Å²) in [5, 5.41) is 13.5. The van der Waals surface area contributed by atoms with Crippen molar-refractivity contribution >= 4 is 62.3 Å². The van der Waals surface area contributed by atoms with Gasteiger partial charge in [-0.05, 0) is 62.4 Å². The number of thiophene rings is 1. The van der Waals surface area contributed by atoms with Crippen molar-refractivity contribution < 1.29 is 4.79 Å². The highest BCUT2D eigenvalue weighted by Gasteiger charge is 2.24. The summed E-state index contributed by atoms with van der Waals surface area (Å²) in [6.45, 7) is 2.45. The number of carbonyl (C=O) groups excluding carboxylic acids is 1. The van der Waals surface area contributed by atoms with Crippen LogP contribution >= 0.6 is 34.7 Å². The summed E-state index contributed by atoms with van der Waals surface area (Å²) in [7, 11) is 0. The maximum absolute atomic E-state index is 13.2. The molecule has 0 spiro atoms. The first-order valence-corrected chi connectivity index (χ1v) is 12.3. The molecule has 0 atom stereocenters. The zero-order valence-electron chi connectivity index (χ0n) is 16.9. The molecular formula is C21H20ClN5O2S2. The fourth-order valence-electron chi connectivity index (χ4n) is 4.01. The molecule has 31 heavy (non-hydrogen) atoms. The van der Waals surface area contributed by atoms with Gasteiger partial charge in [0.2, 0.25) is 11.7 Å². The minimum atomic E-state index is -0.144. The number of aromatic nitrogens is 4. The summed E-state index contributed by atoms with van der Waals surface area (Å²) in [6, 6.07) is 6.99. The van der Waals surface area contributed by atoms with E-state index in [1.54, 1.807) is 40.2 Å². The highest BCUT2D eigenvalue weighted by Crippen LogP contribution is 2.36. The van der Waals surface area contributed by atoms with E-state index in [4.69, 9.17) is 11.6 Å². The van der Waals surface area contributed by atoms with Gasteiger partial charge in [0, 0.05) is 22.1 Å². The third kappa shape index (κ3) is 3.64. The average Bonchev–Trinajstić information content (AvgIpc) is 3.36. The second-order valence-electron chi connectivity index (χ2n) is 7.40. The topological polar surface area (TPSA) is 81.3 Å². The monoisotopic (exact) mass is 473 g/mol. The Hall–Kier alpha value is -2.36. The van der Waals surface area contributed by atoms with Gasteiger partial charge in [-0.15, -0.1) is 21.5 Å². The summed E-state index contributed by atoms with van der Waals surface area (Å²) in [4.78, 5) is 27.9. The molecule has 0 aliphatic heterocycles. The minimum absolute atomic E-state index is 0.00818. The van der Waals surface area contributed by atoms with Crippen molar-refractivity contribution in [3.05, 3.63) is 50.1 Å². The van der Waals surface area contributed by atoms with Gasteiger partial charge in [-0.1, -0.05) is 23.4 Å². The fourth-order valence-corrected chi connectivity index (χ4v) is 6.30. The third-order valence-corrected chi connectivity index (χ3v) is 7.91. The van der Waals surface area contributed by atoms with E-state index >= 15 is 0 Å². The molecule has 1 aromatic carbocycles. The van der Waals surface area contributed by atoms with Gasteiger partial charge in [0.05, 0.1) is 11.1 Å². The van der Waals surface area contributed by atoms with E-state index in [0.29, 0.717) is 28.2 Å². The highest BCUT2D eigenvalue weighted by atomic mass is 35.5. The number of nitrogens with zero attached hydrogens (tertiary/aromatic N) is 4. The Morgan fingerprint density at radius 1 is 1.23 bits per heavy atom. The maximum Gasteiger partial charge on any atom is 0.263 e. The number of thioether (sulfide) groups is 1. The van der Waals surface area contributed by atoms with Crippen molar-refractivity contribution in [1.29, 1.82) is 0 Å². The Morgan fingerprint density at radius 2 is 2.00 bits per heavy atom. The Balaban J connectivity index is 1.51. The zero-order valence-corrected chi connectivity index (χ0v) is 19.2. The number of hydrogen-bond acceptors (Lipinski definition) is 6. The van der Waals surface area contributed by atoms with Gasteiger partial charge >= 0.3 is 0 Å². The second-order valence-corrected chi connectivity index (χ2v) is 9.86. The molecule has 3 aromatic heterocycles. The largest absolute Gasteiger partial charge is 0.325 e. The minimum Gasteiger partial charge on any atom is -0.325 e. The number of fused-ring (bicyclic) bond motifs is 5. The van der Waals surface area contributed by atoms with Gasteiger partial charge in [0.15, 0.2) is 5.16 Å². The summed E-state index contributed by atoms with van der Waals surface area (Å²) in [5.41, 5.74) is 1.88. The molecule has 0 saturated heterocycles. The highest BCUT2D eigenvalue weighted by molar-refractivity contribution is 7.99. The lowest BCUT2D eigenvalue weighted by molar-refractivity contribution is -0.113. The first kappa shape index (κ1) is 20.5. The number of benzene rings is 1. The molecule has 1 amide bonds. The first-order valence-electron chi connectivity index (χ1n) is 10.2. The van der Waals surface area contributed by atoms with Crippen molar-refractivity contribution in [3.8, 4) is 0 Å². The lowest BCUT2D eigenvalue weighted by atomic mass is 9.97. The first-order chi connectivity index (χ1) is 15.1. The zero-order chi connectivity index (χ0) is 21.5. The van der Waals surface area contributed by atoms with Crippen molar-refractivity contribution in [3.63, 3.8) is 0 Å². The number of nitrogens with one attached hydrogen (secondary N) is 1. The molecule has 10 heteroatoms. The fraction of sp³-hybridized carbons (Fsp3) is 0.333. The van der Waals surface area contributed by atoms with Gasteiger partial charge in [-0.3, -0.25) is 14.2 Å². The molecule has 0 bridgehead atoms. The van der Waals surface area contributed by atoms with Crippen LogP contribution in [0, 0.1) is 0 Å². The number of anilines is 1. The van der Waals surface area contributed by atoms with E-state index < -0.39 is 0 Å². The molecule has 1 N–H and O–H groups in total. The lowest BCUT2D eigenvalue weighted by Crippen LogP contribution is -2.23. The molecule has 7 nitrogen and oxygen atoms in total. The van der Waals surface area contributed by atoms with Gasteiger partial charge in [0.25, 0.3) is 5.56 Å². The van der Waals surface area contributed by atoms with Crippen LogP contribution in [0.3, 0.4) is 0 Å². The molecule has 3 heterocycles. The quantitative estimate of drug-likeness (QED) is 0.435. The standard InChI is InChI=1S/C21H20ClN5O2S2/c1-2-26-18(29)17-14-5-3-4-6-15(14)31-19(17)27-20(26)24-25-21(27)30-11-16(28)23-13-9-7-12(22)8-10-13/h7-10H,2-6,11H2,1H3,(H,23,28). The Morgan fingerprint density at radius 3 is 2.77 bits per heavy atom. The predicted molar refractivity (Wildman–Crippen MR) is 126 cm³/mol. The van der Waals surface area contributed by atoms with Crippen LogP contribution in [-0.4, -0.2) is 30.8 Å². The number of rotatable bonds is 5. The van der Waals surface area contributed by atoms with E-state index in [9.17, 15) is 9.59 Å². The van der Waals surface area contributed by atoms with E-state index in [2.05, 4.69) is 15.5 Å². The van der Waals surface area contributed by atoms with Crippen molar-refractivity contribution in [1.82, 2.24) is 19.2 Å². The van der Waals surface area contributed by atoms with Gasteiger partial charge in [-0.2, -0.15) is 0 Å². The second kappa shape index (κ2) is 8.29. The van der Waals surface area contributed by atoms with Crippen LogP contribution in [0.25, 0.3) is 16.0 Å². The smallest absolute Gasteiger partial charge is 0.263 e. The van der Waals surface area contributed by atoms with Gasteiger partial charge < -0.3 is 5.32 Å². The molecule has 1 aliphatic carbocycles. The number of carbonyl (C=O) groups is 1. The summed E-state index contributed by atoms with van der Waals surface area (Å²) in [5.74, 6) is 0.565. The van der Waals surface area contributed by atoms with Crippen molar-refractivity contribution in [2.75, 3.05) is 11.1 Å². The van der Waals surface area contributed by atoms with E-state index in [1.807, 2.05) is 11.3 Å². The molecule has 0 unspecified atom stereocenters. The Labute approximate surface area is 191 Å². The van der Waals surface area contributed by atoms with E-state index in [-0.39, 0.29) is 17.2 Å². The number of amides is 1. The number of halogens is 1. The molecular weight excluding hydrogens is 454 g/mol. The van der Waals surface area contributed by atoms with Crippen LogP contribution in [0.4, 0.5) is 5.69 Å². The molecule has 4 aromatic rings.